The number of hydrogen-bond acceptors (Lipinski definition) is 5. The second-order valence-corrected chi connectivity index (χ2v) is 8.75. The van der Waals surface area contributed by atoms with Crippen molar-refractivity contribution in [3.8, 4) is 11.4 Å². The van der Waals surface area contributed by atoms with Crippen molar-refractivity contribution in [1.82, 2.24) is 24.1 Å². The summed E-state index contributed by atoms with van der Waals surface area (Å²) in [6.07, 6.45) is 6.99. The van der Waals surface area contributed by atoms with Crippen LogP contribution in [0.15, 0.2) is 42.7 Å². The fraction of sp³-hybridized carbons (Fsp3) is 0.400. The molecule has 1 aliphatic heterocycles. The molecular weight excluding hydrogens is 400 g/mol. The Labute approximate surface area is 188 Å². The zero-order valence-corrected chi connectivity index (χ0v) is 19.0. The molecule has 32 heavy (non-hydrogen) atoms. The van der Waals surface area contributed by atoms with Gasteiger partial charge in [-0.3, -0.25) is 0 Å². The Kier molecular flexibility index (Phi) is 5.66. The lowest BCUT2D eigenvalue weighted by Crippen LogP contribution is -2.18. The van der Waals surface area contributed by atoms with E-state index in [0.29, 0.717) is 12.5 Å². The van der Waals surface area contributed by atoms with Crippen molar-refractivity contribution < 1.29 is 4.74 Å². The summed E-state index contributed by atoms with van der Waals surface area (Å²) in [5, 5.41) is 8.36. The van der Waals surface area contributed by atoms with Crippen LogP contribution in [0.3, 0.4) is 0 Å². The summed E-state index contributed by atoms with van der Waals surface area (Å²) in [6, 6.07) is 10.7. The van der Waals surface area contributed by atoms with Gasteiger partial charge in [0.1, 0.15) is 11.6 Å². The van der Waals surface area contributed by atoms with Gasteiger partial charge in [0.15, 0.2) is 5.65 Å². The predicted molar refractivity (Wildman–Crippen MR) is 126 cm³/mol. The number of benzene rings is 1. The van der Waals surface area contributed by atoms with E-state index in [4.69, 9.17) is 14.8 Å². The number of imidazole rings is 1. The van der Waals surface area contributed by atoms with Crippen LogP contribution < -0.4 is 5.32 Å². The number of hydrogen-bond donors (Lipinski definition) is 1. The zero-order valence-electron chi connectivity index (χ0n) is 19.0. The maximum atomic E-state index is 5.53. The number of aromatic nitrogens is 5. The summed E-state index contributed by atoms with van der Waals surface area (Å²) in [4.78, 5) is 9.45. The van der Waals surface area contributed by atoms with Crippen LogP contribution >= 0.6 is 0 Å². The van der Waals surface area contributed by atoms with Crippen LogP contribution in [0.1, 0.15) is 35.4 Å². The predicted octanol–water partition coefficient (Wildman–Crippen LogP) is 4.33. The highest BCUT2D eigenvalue weighted by Crippen LogP contribution is 2.24. The molecule has 1 N–H and O–H groups in total. The number of ether oxygens (including phenoxy) is 1. The zero-order chi connectivity index (χ0) is 22.1. The summed E-state index contributed by atoms with van der Waals surface area (Å²) < 4.78 is 9.52. The van der Waals surface area contributed by atoms with E-state index in [0.717, 1.165) is 72.3 Å². The van der Waals surface area contributed by atoms with Gasteiger partial charge in [0.05, 0.1) is 5.69 Å². The first-order valence-corrected chi connectivity index (χ1v) is 11.3. The Morgan fingerprint density at radius 3 is 2.78 bits per heavy atom. The third kappa shape index (κ3) is 4.12. The van der Waals surface area contributed by atoms with E-state index in [9.17, 15) is 0 Å². The minimum absolute atomic E-state index is 0.630. The molecule has 166 valence electrons. The SMILES string of the molecule is Cc1nn2c(NCc3cccc(-c4nccn4C)c3)cc(CC3CCOCC3)nc2c1C. The van der Waals surface area contributed by atoms with E-state index in [2.05, 4.69) is 47.6 Å². The van der Waals surface area contributed by atoms with Gasteiger partial charge >= 0.3 is 0 Å². The smallest absolute Gasteiger partial charge is 0.160 e. The van der Waals surface area contributed by atoms with Gasteiger partial charge < -0.3 is 14.6 Å². The first-order chi connectivity index (χ1) is 15.6. The van der Waals surface area contributed by atoms with Crippen LogP contribution in [0.25, 0.3) is 17.0 Å². The Hall–Kier alpha value is -3.19. The van der Waals surface area contributed by atoms with Gasteiger partial charge in [-0.1, -0.05) is 18.2 Å². The molecule has 1 fully saturated rings. The maximum absolute atomic E-state index is 5.53. The largest absolute Gasteiger partial charge is 0.381 e. The summed E-state index contributed by atoms with van der Waals surface area (Å²) >= 11 is 0. The number of rotatable bonds is 6. The lowest BCUT2D eigenvalue weighted by molar-refractivity contribution is 0.0663. The number of nitrogens with zero attached hydrogens (tertiary/aromatic N) is 5. The maximum Gasteiger partial charge on any atom is 0.160 e. The van der Waals surface area contributed by atoms with E-state index < -0.39 is 0 Å². The first kappa shape index (κ1) is 20.7. The van der Waals surface area contributed by atoms with Crippen LogP contribution in [0.5, 0.6) is 0 Å². The second kappa shape index (κ2) is 8.74. The van der Waals surface area contributed by atoms with Crippen LogP contribution in [-0.4, -0.2) is 37.4 Å². The van der Waals surface area contributed by atoms with Gasteiger partial charge in [0.25, 0.3) is 0 Å². The van der Waals surface area contributed by atoms with E-state index in [-0.39, 0.29) is 0 Å². The molecule has 0 spiro atoms. The summed E-state index contributed by atoms with van der Waals surface area (Å²) in [5.74, 6) is 2.58. The highest BCUT2D eigenvalue weighted by atomic mass is 16.5. The van der Waals surface area contributed by atoms with E-state index in [1.807, 2.05) is 35.4 Å². The Balaban J connectivity index is 1.42. The molecular formula is C25H30N6O. The first-order valence-electron chi connectivity index (χ1n) is 11.3. The Morgan fingerprint density at radius 1 is 1.16 bits per heavy atom. The molecule has 0 unspecified atom stereocenters. The number of nitrogens with one attached hydrogen (secondary N) is 1. The van der Waals surface area contributed by atoms with Crippen molar-refractivity contribution in [2.24, 2.45) is 13.0 Å². The van der Waals surface area contributed by atoms with E-state index >= 15 is 0 Å². The normalized spacial score (nSPS) is 14.8. The lowest BCUT2D eigenvalue weighted by Gasteiger charge is -2.22. The third-order valence-corrected chi connectivity index (χ3v) is 6.43. The molecule has 5 rings (SSSR count). The second-order valence-electron chi connectivity index (χ2n) is 8.75. The standard InChI is InChI=1S/C25H30N6O/c1-17-18(2)29-31-23(15-22(28-24(17)31)14-19-7-11-32-12-8-19)27-16-20-5-4-6-21(13-20)25-26-9-10-30(25)3/h4-6,9-10,13,15,19,27H,7-8,11-12,14,16H2,1-3H3. The summed E-state index contributed by atoms with van der Waals surface area (Å²) in [6.45, 7) is 6.56. The van der Waals surface area contributed by atoms with Crippen molar-refractivity contribution in [3.05, 3.63) is 65.2 Å². The number of fused-ring (bicyclic) bond motifs is 1. The molecule has 1 aliphatic rings. The van der Waals surface area contributed by atoms with Gasteiger partial charge in [-0.15, -0.1) is 0 Å². The fourth-order valence-corrected chi connectivity index (χ4v) is 4.41. The molecule has 4 aromatic rings. The topological polar surface area (TPSA) is 69.3 Å². The van der Waals surface area contributed by atoms with Gasteiger partial charge in [0.2, 0.25) is 0 Å². The molecule has 0 saturated carbocycles. The van der Waals surface area contributed by atoms with E-state index in [1.165, 1.54) is 5.56 Å². The van der Waals surface area contributed by atoms with Gasteiger partial charge in [-0.2, -0.15) is 9.61 Å². The van der Waals surface area contributed by atoms with Crippen molar-refractivity contribution in [1.29, 1.82) is 0 Å². The highest BCUT2D eigenvalue weighted by molar-refractivity contribution is 5.58. The minimum Gasteiger partial charge on any atom is -0.381 e. The fourth-order valence-electron chi connectivity index (χ4n) is 4.41. The van der Waals surface area contributed by atoms with Crippen LogP contribution in [0, 0.1) is 19.8 Å². The van der Waals surface area contributed by atoms with Crippen molar-refractivity contribution >= 4 is 11.5 Å². The van der Waals surface area contributed by atoms with Gasteiger partial charge in [-0.05, 0) is 50.7 Å². The third-order valence-electron chi connectivity index (χ3n) is 6.43. The average molecular weight is 431 g/mol. The van der Waals surface area contributed by atoms with Crippen LogP contribution in [0.4, 0.5) is 5.82 Å². The molecule has 7 nitrogen and oxygen atoms in total. The quantitative estimate of drug-likeness (QED) is 0.493. The molecule has 1 saturated heterocycles. The monoisotopic (exact) mass is 430 g/mol. The molecule has 0 amide bonds. The highest BCUT2D eigenvalue weighted by Gasteiger charge is 2.18. The summed E-state index contributed by atoms with van der Waals surface area (Å²) in [5.41, 5.74) is 6.52. The van der Waals surface area contributed by atoms with Crippen molar-refractivity contribution in [2.45, 2.75) is 39.7 Å². The van der Waals surface area contributed by atoms with Crippen LogP contribution in [-0.2, 0) is 24.8 Å². The van der Waals surface area contributed by atoms with Gasteiger partial charge in [-0.25, -0.2) is 9.97 Å². The number of aryl methyl sites for hydroxylation is 3. The molecule has 1 aromatic carbocycles. The van der Waals surface area contributed by atoms with Gasteiger partial charge in [0, 0.05) is 62.1 Å². The molecule has 3 aromatic heterocycles. The Bertz CT molecular complexity index is 1230. The van der Waals surface area contributed by atoms with E-state index in [1.54, 1.807) is 0 Å². The van der Waals surface area contributed by atoms with Crippen LogP contribution in [0.2, 0.25) is 0 Å². The Morgan fingerprint density at radius 2 is 2.00 bits per heavy atom. The average Bonchev–Trinajstić information content (AvgIpc) is 3.36. The molecule has 0 bridgehead atoms. The summed E-state index contributed by atoms with van der Waals surface area (Å²) in [7, 11) is 2.02. The molecule has 7 heteroatoms. The molecule has 0 atom stereocenters. The lowest BCUT2D eigenvalue weighted by atomic mass is 9.95. The van der Waals surface area contributed by atoms with Crippen molar-refractivity contribution in [2.75, 3.05) is 18.5 Å². The molecule has 0 radical (unpaired) electrons. The minimum atomic E-state index is 0.630. The molecule has 4 heterocycles. The molecule has 0 aliphatic carbocycles. The van der Waals surface area contributed by atoms with Crippen molar-refractivity contribution in [3.63, 3.8) is 0 Å². The number of anilines is 1.